The third-order valence-corrected chi connectivity index (χ3v) is 5.06. The summed E-state index contributed by atoms with van der Waals surface area (Å²) in [5.41, 5.74) is 1.36. The van der Waals surface area contributed by atoms with E-state index < -0.39 is 16.0 Å². The van der Waals surface area contributed by atoms with Crippen molar-refractivity contribution >= 4 is 27.6 Å². The van der Waals surface area contributed by atoms with Crippen molar-refractivity contribution in [1.82, 2.24) is 0 Å². The summed E-state index contributed by atoms with van der Waals surface area (Å²) in [5.74, 6) is -0.326. The maximum absolute atomic E-state index is 12.4. The zero-order valence-electron chi connectivity index (χ0n) is 14.7. The standard InChI is InChI=1S/C17H24N2O5S/c1-11(2)4-7-17(21)24-10-16(20)19-12(3)8-13-9-14(25(18,22)23)5-6-15(13)19/h5-6,9,11-12H,4,7-8,10H2,1-3H3,(H2,18,22,23). The van der Waals surface area contributed by atoms with Crippen LogP contribution < -0.4 is 10.0 Å². The molecule has 0 bridgehead atoms. The molecule has 0 aromatic heterocycles. The van der Waals surface area contributed by atoms with E-state index in [-0.39, 0.29) is 29.9 Å². The highest BCUT2D eigenvalue weighted by Gasteiger charge is 2.32. The summed E-state index contributed by atoms with van der Waals surface area (Å²) in [4.78, 5) is 25.7. The third kappa shape index (κ3) is 4.79. The quantitative estimate of drug-likeness (QED) is 0.767. The number of carbonyl (C=O) groups excluding carboxylic acids is 2. The van der Waals surface area contributed by atoms with Gasteiger partial charge in [0.25, 0.3) is 5.91 Å². The van der Waals surface area contributed by atoms with Crippen LogP contribution in [0.4, 0.5) is 5.69 Å². The van der Waals surface area contributed by atoms with Crippen molar-refractivity contribution in [2.45, 2.75) is 51.0 Å². The summed E-state index contributed by atoms with van der Waals surface area (Å²) < 4.78 is 28.0. The molecule has 138 valence electrons. The molecule has 1 aliphatic heterocycles. The average molecular weight is 368 g/mol. The molecule has 1 heterocycles. The zero-order valence-corrected chi connectivity index (χ0v) is 15.5. The fourth-order valence-electron chi connectivity index (χ4n) is 2.85. The molecule has 0 saturated heterocycles. The van der Waals surface area contributed by atoms with Crippen molar-refractivity contribution in [2.75, 3.05) is 11.5 Å². The Morgan fingerprint density at radius 1 is 1.36 bits per heavy atom. The van der Waals surface area contributed by atoms with E-state index in [1.807, 2.05) is 20.8 Å². The number of nitrogens with zero attached hydrogens (tertiary/aromatic N) is 1. The first-order valence-corrected chi connectivity index (χ1v) is 9.77. The Balaban J connectivity index is 2.06. The van der Waals surface area contributed by atoms with Crippen LogP contribution in [0.1, 0.15) is 39.2 Å². The maximum Gasteiger partial charge on any atom is 0.306 e. The first kappa shape index (κ1) is 19.4. The minimum absolute atomic E-state index is 0.0212. The Kier molecular flexibility index (Phi) is 5.84. The number of amides is 1. The van der Waals surface area contributed by atoms with E-state index >= 15 is 0 Å². The molecule has 1 aromatic carbocycles. The number of hydrogen-bond donors (Lipinski definition) is 1. The summed E-state index contributed by atoms with van der Waals surface area (Å²) in [7, 11) is -3.79. The molecule has 0 saturated carbocycles. The summed E-state index contributed by atoms with van der Waals surface area (Å²) in [6, 6.07) is 4.29. The molecule has 8 heteroatoms. The van der Waals surface area contributed by atoms with E-state index in [1.54, 1.807) is 6.07 Å². The van der Waals surface area contributed by atoms with Gasteiger partial charge in [0.15, 0.2) is 6.61 Å². The number of nitrogens with two attached hydrogens (primary N) is 1. The third-order valence-electron chi connectivity index (χ3n) is 4.15. The lowest BCUT2D eigenvalue weighted by molar-refractivity contribution is -0.148. The highest BCUT2D eigenvalue weighted by atomic mass is 32.2. The van der Waals surface area contributed by atoms with Crippen LogP contribution in [0.2, 0.25) is 0 Å². The van der Waals surface area contributed by atoms with Crippen LogP contribution in [-0.2, 0) is 30.8 Å². The van der Waals surface area contributed by atoms with Crippen LogP contribution >= 0.6 is 0 Å². The molecule has 7 nitrogen and oxygen atoms in total. The van der Waals surface area contributed by atoms with Gasteiger partial charge in [0, 0.05) is 18.2 Å². The molecule has 1 amide bonds. The fraction of sp³-hybridized carbons (Fsp3) is 0.529. The Labute approximate surface area is 148 Å². The van der Waals surface area contributed by atoms with Gasteiger partial charge in [0.1, 0.15) is 0 Å². The molecule has 1 unspecified atom stereocenters. The SMILES string of the molecule is CC(C)CCC(=O)OCC(=O)N1c2ccc(S(N)(=O)=O)cc2CC1C. The van der Waals surface area contributed by atoms with Crippen LogP contribution in [0.3, 0.4) is 0 Å². The molecular formula is C17H24N2O5S. The number of benzene rings is 1. The molecule has 0 fully saturated rings. The summed E-state index contributed by atoms with van der Waals surface area (Å²) in [6.45, 7) is 5.56. The lowest BCUT2D eigenvalue weighted by Crippen LogP contribution is -2.38. The van der Waals surface area contributed by atoms with Gasteiger partial charge in [-0.05, 0) is 49.4 Å². The van der Waals surface area contributed by atoms with Crippen molar-refractivity contribution in [2.24, 2.45) is 11.1 Å². The van der Waals surface area contributed by atoms with Gasteiger partial charge in [0.05, 0.1) is 4.90 Å². The minimum Gasteiger partial charge on any atom is -0.456 e. The van der Waals surface area contributed by atoms with Crippen molar-refractivity contribution < 1.29 is 22.7 Å². The predicted molar refractivity (Wildman–Crippen MR) is 93.5 cm³/mol. The van der Waals surface area contributed by atoms with E-state index in [0.29, 0.717) is 24.4 Å². The number of carbonyl (C=O) groups is 2. The van der Waals surface area contributed by atoms with Gasteiger partial charge in [-0.2, -0.15) is 0 Å². The molecule has 0 aliphatic carbocycles. The zero-order chi connectivity index (χ0) is 18.8. The first-order valence-electron chi connectivity index (χ1n) is 8.23. The number of esters is 1. The maximum atomic E-state index is 12.4. The van der Waals surface area contributed by atoms with Gasteiger partial charge < -0.3 is 9.64 Å². The van der Waals surface area contributed by atoms with E-state index in [2.05, 4.69) is 0 Å². The lowest BCUT2D eigenvalue weighted by Gasteiger charge is -2.22. The second kappa shape index (κ2) is 7.53. The van der Waals surface area contributed by atoms with E-state index in [1.165, 1.54) is 17.0 Å². The molecule has 1 aromatic rings. The summed E-state index contributed by atoms with van der Waals surface area (Å²) >= 11 is 0. The van der Waals surface area contributed by atoms with E-state index in [9.17, 15) is 18.0 Å². The molecule has 0 radical (unpaired) electrons. The number of hydrogen-bond acceptors (Lipinski definition) is 5. The largest absolute Gasteiger partial charge is 0.456 e. The molecule has 1 aliphatic rings. The average Bonchev–Trinajstić information content (AvgIpc) is 2.84. The highest BCUT2D eigenvalue weighted by Crippen LogP contribution is 2.33. The van der Waals surface area contributed by atoms with Gasteiger partial charge in [-0.25, -0.2) is 13.6 Å². The van der Waals surface area contributed by atoms with Gasteiger partial charge in [-0.3, -0.25) is 9.59 Å². The second-order valence-corrected chi connectivity index (χ2v) is 8.31. The Morgan fingerprint density at radius 3 is 2.64 bits per heavy atom. The Morgan fingerprint density at radius 2 is 2.04 bits per heavy atom. The number of ether oxygens (including phenoxy) is 1. The molecule has 1 atom stereocenters. The molecule has 25 heavy (non-hydrogen) atoms. The molecule has 2 N–H and O–H groups in total. The number of primary sulfonamides is 1. The minimum atomic E-state index is -3.79. The number of rotatable bonds is 6. The normalized spacial score (nSPS) is 16.8. The van der Waals surface area contributed by atoms with Crippen LogP contribution in [0.25, 0.3) is 0 Å². The number of fused-ring (bicyclic) bond motifs is 1. The molecule has 2 rings (SSSR count). The Bertz CT molecular complexity index is 773. The van der Waals surface area contributed by atoms with Crippen molar-refractivity contribution in [1.29, 1.82) is 0 Å². The summed E-state index contributed by atoms with van der Waals surface area (Å²) in [5, 5.41) is 5.14. The summed E-state index contributed by atoms with van der Waals surface area (Å²) in [6.07, 6.45) is 1.52. The Hall–Kier alpha value is -1.93. The lowest BCUT2D eigenvalue weighted by atomic mass is 10.1. The topological polar surface area (TPSA) is 107 Å². The van der Waals surface area contributed by atoms with Gasteiger partial charge in [-0.15, -0.1) is 0 Å². The van der Waals surface area contributed by atoms with Crippen molar-refractivity contribution in [3.8, 4) is 0 Å². The first-order chi connectivity index (χ1) is 11.6. The van der Waals surface area contributed by atoms with Gasteiger partial charge in [0.2, 0.25) is 10.0 Å². The highest BCUT2D eigenvalue weighted by molar-refractivity contribution is 7.89. The fourth-order valence-corrected chi connectivity index (χ4v) is 3.42. The van der Waals surface area contributed by atoms with E-state index in [0.717, 1.165) is 5.56 Å². The molecule has 0 spiro atoms. The predicted octanol–water partition coefficient (Wildman–Crippen LogP) is 1.59. The smallest absolute Gasteiger partial charge is 0.306 e. The van der Waals surface area contributed by atoms with Crippen LogP contribution in [0.5, 0.6) is 0 Å². The van der Waals surface area contributed by atoms with Gasteiger partial charge in [-0.1, -0.05) is 13.8 Å². The number of sulfonamides is 1. The van der Waals surface area contributed by atoms with E-state index in [4.69, 9.17) is 9.88 Å². The second-order valence-electron chi connectivity index (χ2n) is 6.75. The van der Waals surface area contributed by atoms with Crippen LogP contribution in [0.15, 0.2) is 23.1 Å². The van der Waals surface area contributed by atoms with Crippen molar-refractivity contribution in [3.63, 3.8) is 0 Å². The van der Waals surface area contributed by atoms with Crippen LogP contribution in [0, 0.1) is 5.92 Å². The van der Waals surface area contributed by atoms with Crippen LogP contribution in [-0.4, -0.2) is 32.9 Å². The molecular weight excluding hydrogens is 344 g/mol. The van der Waals surface area contributed by atoms with Crippen molar-refractivity contribution in [3.05, 3.63) is 23.8 Å². The monoisotopic (exact) mass is 368 g/mol. The van der Waals surface area contributed by atoms with Gasteiger partial charge >= 0.3 is 5.97 Å². The number of anilines is 1.